The molecule has 0 spiro atoms. The molecule has 1 saturated heterocycles. The maximum Gasteiger partial charge on any atom is 0.413 e. The Morgan fingerprint density at radius 1 is 1.55 bits per heavy atom. The van der Waals surface area contributed by atoms with Crippen molar-refractivity contribution < 1.29 is 14.3 Å². The van der Waals surface area contributed by atoms with Crippen LogP contribution >= 0.6 is 0 Å². The van der Waals surface area contributed by atoms with E-state index in [0.29, 0.717) is 18.3 Å². The largest absolute Gasteiger partial charge is 0.444 e. The van der Waals surface area contributed by atoms with Gasteiger partial charge in [-0.3, -0.25) is 10.4 Å². The summed E-state index contributed by atoms with van der Waals surface area (Å²) in [7, 11) is 0. The van der Waals surface area contributed by atoms with Gasteiger partial charge in [-0.05, 0) is 39.5 Å². The van der Waals surface area contributed by atoms with Crippen LogP contribution in [0.25, 0.3) is 0 Å². The van der Waals surface area contributed by atoms with Crippen LogP contribution in [0.5, 0.6) is 0 Å². The number of hydrogen-bond donors (Lipinski definition) is 3. The van der Waals surface area contributed by atoms with E-state index in [-0.39, 0.29) is 0 Å². The van der Waals surface area contributed by atoms with Crippen molar-refractivity contribution in [2.45, 2.75) is 45.8 Å². The number of nitrogens with one attached hydrogen (secondary N) is 3. The predicted octanol–water partition coefficient (Wildman–Crippen LogP) is 2.27. The molecule has 1 fully saturated rings. The Labute approximate surface area is 131 Å². The molecule has 0 saturated carbocycles. The molecule has 2 rings (SSSR count). The van der Waals surface area contributed by atoms with Crippen molar-refractivity contribution >= 4 is 11.9 Å². The summed E-state index contributed by atoms with van der Waals surface area (Å²) in [5, 5.41) is 12.8. The van der Waals surface area contributed by atoms with Crippen LogP contribution in [0.1, 0.15) is 39.2 Å². The molecular weight excluding hydrogens is 284 g/mol. The summed E-state index contributed by atoms with van der Waals surface area (Å²) >= 11 is 0. The monoisotopic (exact) mass is 310 g/mol. The summed E-state index contributed by atoms with van der Waals surface area (Å²) in [4.78, 5) is 11.8. The van der Waals surface area contributed by atoms with Crippen LogP contribution in [0.3, 0.4) is 0 Å². The van der Waals surface area contributed by atoms with Gasteiger partial charge in [0.2, 0.25) is 0 Å². The van der Waals surface area contributed by atoms with E-state index in [9.17, 15) is 4.79 Å². The van der Waals surface area contributed by atoms with E-state index < -0.39 is 11.7 Å². The molecule has 0 aromatic carbocycles. The lowest BCUT2D eigenvalue weighted by Crippen LogP contribution is -2.29. The second kappa shape index (κ2) is 7.60. The van der Waals surface area contributed by atoms with Gasteiger partial charge in [0.05, 0.1) is 12.8 Å². The van der Waals surface area contributed by atoms with E-state index in [2.05, 4.69) is 20.8 Å². The van der Waals surface area contributed by atoms with Gasteiger partial charge in [0, 0.05) is 25.3 Å². The normalized spacial score (nSPS) is 19.0. The first-order valence-electron chi connectivity index (χ1n) is 7.75. The zero-order valence-electron chi connectivity index (χ0n) is 13.6. The highest BCUT2D eigenvalue weighted by Crippen LogP contribution is 2.15. The van der Waals surface area contributed by atoms with E-state index in [4.69, 9.17) is 9.47 Å². The Bertz CT molecular complexity index is 475. The van der Waals surface area contributed by atoms with Crippen molar-refractivity contribution in [3.63, 3.8) is 0 Å². The minimum atomic E-state index is -0.524. The van der Waals surface area contributed by atoms with E-state index >= 15 is 0 Å². The number of anilines is 1. The Morgan fingerprint density at radius 2 is 2.36 bits per heavy atom. The predicted molar refractivity (Wildman–Crippen MR) is 83.7 cm³/mol. The fourth-order valence-electron chi connectivity index (χ4n) is 2.34. The first kappa shape index (κ1) is 16.8. The molecule has 1 aromatic rings. The van der Waals surface area contributed by atoms with Gasteiger partial charge < -0.3 is 14.8 Å². The summed E-state index contributed by atoms with van der Waals surface area (Å²) in [5.41, 5.74) is 0.381. The molecule has 7 nitrogen and oxygen atoms in total. The van der Waals surface area contributed by atoms with Crippen LogP contribution in [-0.2, 0) is 16.0 Å². The zero-order chi connectivity index (χ0) is 16.0. The van der Waals surface area contributed by atoms with Crippen LogP contribution in [0.2, 0.25) is 0 Å². The number of carbonyl (C=O) groups excluding carboxylic acids is 1. The average molecular weight is 310 g/mol. The number of hydrogen-bond acceptors (Lipinski definition) is 5. The lowest BCUT2D eigenvalue weighted by Gasteiger charge is -2.22. The van der Waals surface area contributed by atoms with Gasteiger partial charge in [-0.1, -0.05) is 0 Å². The molecule has 3 N–H and O–H groups in total. The molecule has 124 valence electrons. The first-order valence-corrected chi connectivity index (χ1v) is 7.75. The number of H-pyrrole nitrogens is 1. The average Bonchev–Trinajstić information content (AvgIpc) is 2.85. The number of nitrogens with zero attached hydrogens (tertiary/aromatic N) is 1. The van der Waals surface area contributed by atoms with Gasteiger partial charge in [0.1, 0.15) is 11.4 Å². The quantitative estimate of drug-likeness (QED) is 0.776. The van der Waals surface area contributed by atoms with E-state index in [1.807, 2.05) is 20.8 Å². The molecule has 2 heterocycles. The number of aromatic nitrogens is 2. The zero-order valence-corrected chi connectivity index (χ0v) is 13.6. The van der Waals surface area contributed by atoms with Crippen LogP contribution in [0, 0.1) is 5.92 Å². The van der Waals surface area contributed by atoms with Crippen molar-refractivity contribution in [2.24, 2.45) is 5.92 Å². The topological polar surface area (TPSA) is 88.3 Å². The molecule has 1 atom stereocenters. The number of amides is 1. The standard InChI is InChI=1S/C15H26N4O3/c1-15(2,3)22-14(20)18-13-12(9-17-19-13)8-16-7-11-5-4-6-21-10-11/h9,11,16H,4-8,10H2,1-3H3,(H2,17,18,19,20). The van der Waals surface area contributed by atoms with Crippen molar-refractivity contribution in [1.82, 2.24) is 15.5 Å². The molecule has 0 bridgehead atoms. The second-order valence-electron chi connectivity index (χ2n) is 6.61. The molecule has 1 unspecified atom stereocenters. The van der Waals surface area contributed by atoms with Crippen LogP contribution in [-0.4, -0.2) is 41.7 Å². The minimum Gasteiger partial charge on any atom is -0.444 e. The third kappa shape index (κ3) is 5.65. The summed E-state index contributed by atoms with van der Waals surface area (Å²) in [6, 6.07) is 0. The second-order valence-corrected chi connectivity index (χ2v) is 6.61. The third-order valence-corrected chi connectivity index (χ3v) is 3.35. The Hall–Kier alpha value is -1.60. The van der Waals surface area contributed by atoms with Crippen LogP contribution in [0.15, 0.2) is 6.20 Å². The Morgan fingerprint density at radius 3 is 3.05 bits per heavy atom. The molecule has 0 radical (unpaired) electrons. The lowest BCUT2D eigenvalue weighted by atomic mass is 10.0. The van der Waals surface area contributed by atoms with Gasteiger partial charge in [-0.15, -0.1) is 0 Å². The summed E-state index contributed by atoms with van der Waals surface area (Å²) in [6.07, 6.45) is 3.54. The Balaban J connectivity index is 1.77. The number of rotatable bonds is 5. The van der Waals surface area contributed by atoms with Gasteiger partial charge in [-0.25, -0.2) is 4.79 Å². The summed E-state index contributed by atoms with van der Waals surface area (Å²) in [6.45, 7) is 8.72. The maximum atomic E-state index is 11.8. The van der Waals surface area contributed by atoms with Crippen LogP contribution < -0.4 is 10.6 Å². The molecular formula is C15H26N4O3. The first-order chi connectivity index (χ1) is 10.4. The van der Waals surface area contributed by atoms with Crippen molar-refractivity contribution in [1.29, 1.82) is 0 Å². The highest BCUT2D eigenvalue weighted by atomic mass is 16.6. The number of aromatic amines is 1. The van der Waals surface area contributed by atoms with Gasteiger partial charge in [-0.2, -0.15) is 5.10 Å². The summed E-state index contributed by atoms with van der Waals surface area (Å²) in [5.74, 6) is 1.13. The van der Waals surface area contributed by atoms with Crippen LogP contribution in [0.4, 0.5) is 10.6 Å². The summed E-state index contributed by atoms with van der Waals surface area (Å²) < 4.78 is 10.7. The SMILES string of the molecule is CC(C)(C)OC(=O)Nc1[nH]ncc1CNCC1CCCOC1. The minimum absolute atomic E-state index is 0.487. The molecule has 7 heteroatoms. The maximum absolute atomic E-state index is 11.8. The lowest BCUT2D eigenvalue weighted by molar-refractivity contribution is 0.0547. The van der Waals surface area contributed by atoms with Gasteiger partial charge in [0.15, 0.2) is 0 Å². The molecule has 1 aromatic heterocycles. The molecule has 1 amide bonds. The molecule has 1 aliphatic heterocycles. The van der Waals surface area contributed by atoms with Crippen molar-refractivity contribution in [3.05, 3.63) is 11.8 Å². The highest BCUT2D eigenvalue weighted by molar-refractivity contribution is 5.84. The fraction of sp³-hybridized carbons (Fsp3) is 0.733. The van der Waals surface area contributed by atoms with Crippen molar-refractivity contribution in [3.8, 4) is 0 Å². The molecule has 0 aliphatic carbocycles. The Kier molecular flexibility index (Phi) is 5.79. The number of ether oxygens (including phenoxy) is 2. The van der Waals surface area contributed by atoms with Crippen molar-refractivity contribution in [2.75, 3.05) is 25.1 Å². The molecule has 1 aliphatic rings. The molecule has 22 heavy (non-hydrogen) atoms. The number of carbonyl (C=O) groups is 1. The van der Waals surface area contributed by atoms with E-state index in [0.717, 1.165) is 31.7 Å². The van der Waals surface area contributed by atoms with Gasteiger partial charge in [0.25, 0.3) is 0 Å². The van der Waals surface area contributed by atoms with E-state index in [1.54, 1.807) is 6.20 Å². The smallest absolute Gasteiger partial charge is 0.413 e. The highest BCUT2D eigenvalue weighted by Gasteiger charge is 2.18. The third-order valence-electron chi connectivity index (χ3n) is 3.35. The van der Waals surface area contributed by atoms with Gasteiger partial charge >= 0.3 is 6.09 Å². The fourth-order valence-corrected chi connectivity index (χ4v) is 2.34. The van der Waals surface area contributed by atoms with E-state index in [1.165, 1.54) is 6.42 Å².